The Morgan fingerprint density at radius 3 is 2.23 bits per heavy atom. The van der Waals surface area contributed by atoms with Gasteiger partial charge < -0.3 is 14.9 Å². The van der Waals surface area contributed by atoms with E-state index in [0.717, 1.165) is 76.1 Å². The summed E-state index contributed by atoms with van der Waals surface area (Å²) < 4.78 is 10.8. The number of nitrogens with one attached hydrogen (secondary N) is 1. The predicted molar refractivity (Wildman–Crippen MR) is 207 cm³/mol. The van der Waals surface area contributed by atoms with E-state index in [1.54, 1.807) is 0 Å². The molecule has 1 aliphatic rings. The van der Waals surface area contributed by atoms with Crippen LogP contribution in [-0.2, 0) is 9.47 Å². The average molecular weight is 666 g/mol. The molecule has 6 rings (SSSR count). The fourth-order valence-corrected chi connectivity index (χ4v) is 7.43. The molecule has 0 aromatic heterocycles. The van der Waals surface area contributed by atoms with E-state index in [1.165, 1.54) is 40.4 Å². The molecule has 0 aliphatic carbocycles. The number of unbranched alkanes of at least 4 members (excludes halogenated alkanes) is 2. The van der Waals surface area contributed by atoms with Gasteiger partial charge in [-0.25, -0.2) is 0 Å². The van der Waals surface area contributed by atoms with Crippen molar-refractivity contribution >= 4 is 42.6 Å². The Bertz CT molecular complexity index is 2010. The Morgan fingerprint density at radius 2 is 1.50 bits per heavy atom. The van der Waals surface area contributed by atoms with Gasteiger partial charge in [0.25, 0.3) is 0 Å². The van der Waals surface area contributed by atoms with Crippen LogP contribution in [0.3, 0.4) is 0 Å². The highest BCUT2D eigenvalue weighted by atomic mass is 32.2. The van der Waals surface area contributed by atoms with E-state index in [4.69, 9.17) is 14.9 Å². The highest BCUT2D eigenvalue weighted by Gasteiger charge is 2.21. The van der Waals surface area contributed by atoms with E-state index in [2.05, 4.69) is 115 Å². The second-order valence-electron chi connectivity index (χ2n) is 11.8. The van der Waals surface area contributed by atoms with E-state index >= 15 is 0 Å². The van der Waals surface area contributed by atoms with E-state index in [-0.39, 0.29) is 0 Å². The maximum Gasteiger partial charge on any atom is 0.104 e. The van der Waals surface area contributed by atoms with Gasteiger partial charge in [-0.2, -0.15) is 0 Å². The first-order valence-electron chi connectivity index (χ1n) is 16.5. The van der Waals surface area contributed by atoms with Gasteiger partial charge in [-0.15, -0.1) is 17.7 Å². The highest BCUT2D eigenvalue weighted by Crippen LogP contribution is 2.31. The van der Waals surface area contributed by atoms with Crippen LogP contribution in [-0.4, -0.2) is 44.6 Å². The number of rotatable bonds is 13. The lowest BCUT2D eigenvalue weighted by Gasteiger charge is -2.11. The lowest BCUT2D eigenvalue weighted by molar-refractivity contribution is 0.113. The molecule has 0 saturated carbocycles. The van der Waals surface area contributed by atoms with E-state index in [9.17, 15) is 0 Å². The van der Waals surface area contributed by atoms with Crippen molar-refractivity contribution in [3.8, 4) is 45.9 Å². The Labute approximate surface area is 291 Å². The molecule has 0 spiro atoms. The van der Waals surface area contributed by atoms with Crippen LogP contribution in [0.1, 0.15) is 48.4 Å². The van der Waals surface area contributed by atoms with E-state index in [0.29, 0.717) is 14.7 Å². The first kappa shape index (κ1) is 33.7. The third-order valence-corrected chi connectivity index (χ3v) is 10.4. The molecule has 1 saturated heterocycles. The average Bonchev–Trinajstić information content (AvgIpc) is 3.96. The maximum absolute atomic E-state index is 8.19. The van der Waals surface area contributed by atoms with Crippen LogP contribution < -0.4 is 5.30 Å². The Balaban J connectivity index is 1.09. The van der Waals surface area contributed by atoms with Crippen molar-refractivity contribution in [1.29, 1.82) is 5.41 Å². The standard InChI is InChI=1S/C43H40NO2PS/c1-3-7-31-10-14-34(15-11-31)39-23-18-36-26-32(12-21-40(36)42(39)28-44)8-9-33-13-22-41(43(27-33)47-2)35-16-19-38(20-17-35)48-25-6-4-5-24-45-29-37-30-46-37/h10-23,26-28,37,44,47H,4-6,24-25,29-30H2,1-2H3. The van der Waals surface area contributed by atoms with Gasteiger partial charge in [-0.1, -0.05) is 81.3 Å². The normalized spacial score (nSPS) is 13.6. The van der Waals surface area contributed by atoms with Crippen LogP contribution in [0.2, 0.25) is 0 Å². The van der Waals surface area contributed by atoms with Crippen LogP contribution in [0.5, 0.6) is 0 Å². The highest BCUT2D eigenvalue weighted by molar-refractivity contribution is 7.99. The number of hydrogen-bond acceptors (Lipinski definition) is 4. The minimum atomic E-state index is 0.362. The zero-order valence-electron chi connectivity index (χ0n) is 27.6. The van der Waals surface area contributed by atoms with Gasteiger partial charge in [0.1, 0.15) is 6.10 Å². The van der Waals surface area contributed by atoms with Crippen molar-refractivity contribution in [2.45, 2.75) is 37.2 Å². The van der Waals surface area contributed by atoms with Gasteiger partial charge in [-0.05, 0) is 119 Å². The first-order chi connectivity index (χ1) is 23.6. The van der Waals surface area contributed by atoms with Crippen molar-refractivity contribution in [2.75, 3.05) is 32.2 Å². The molecule has 240 valence electrons. The molecule has 1 aliphatic heterocycles. The zero-order valence-corrected chi connectivity index (χ0v) is 29.4. The summed E-state index contributed by atoms with van der Waals surface area (Å²) in [5, 5.41) is 11.6. The summed E-state index contributed by atoms with van der Waals surface area (Å²) in [5.41, 5.74) is 8.54. The third-order valence-electron chi connectivity index (χ3n) is 8.38. The number of ether oxygens (including phenoxy) is 2. The Kier molecular flexibility index (Phi) is 11.8. The molecule has 0 bridgehead atoms. The second kappa shape index (κ2) is 16.8. The molecule has 5 aromatic rings. The van der Waals surface area contributed by atoms with Gasteiger partial charge in [0, 0.05) is 40.0 Å². The molecule has 0 radical (unpaired) electrons. The van der Waals surface area contributed by atoms with Gasteiger partial charge in [-0.3, -0.25) is 0 Å². The van der Waals surface area contributed by atoms with Crippen LogP contribution >= 0.6 is 20.3 Å². The largest absolute Gasteiger partial charge is 0.379 e. The third kappa shape index (κ3) is 8.85. The van der Waals surface area contributed by atoms with Crippen LogP contribution in [0.25, 0.3) is 33.0 Å². The molecular formula is C43H40NO2PS. The Hall–Kier alpha value is -4.15. The summed E-state index contributed by atoms with van der Waals surface area (Å²) in [4.78, 5) is 1.32. The van der Waals surface area contributed by atoms with Crippen molar-refractivity contribution < 1.29 is 9.47 Å². The van der Waals surface area contributed by atoms with Gasteiger partial charge >= 0.3 is 0 Å². The van der Waals surface area contributed by atoms with Crippen LogP contribution in [0.15, 0.2) is 102 Å². The summed E-state index contributed by atoms with van der Waals surface area (Å²) in [6.07, 6.45) is 5.34. The fraction of sp³-hybridized carbons (Fsp3) is 0.233. The lowest BCUT2D eigenvalue weighted by atomic mass is 9.93. The number of benzene rings is 5. The second-order valence-corrected chi connectivity index (χ2v) is 14.0. The maximum atomic E-state index is 8.19. The van der Waals surface area contributed by atoms with Crippen LogP contribution in [0, 0.1) is 29.1 Å². The summed E-state index contributed by atoms with van der Waals surface area (Å²) >= 11 is 1.93. The molecule has 1 heterocycles. The molecule has 5 aromatic carbocycles. The van der Waals surface area contributed by atoms with Crippen molar-refractivity contribution in [3.05, 3.63) is 119 Å². The predicted octanol–water partition coefficient (Wildman–Crippen LogP) is 9.55. The molecule has 1 N–H and O–H groups in total. The van der Waals surface area contributed by atoms with E-state index in [1.807, 2.05) is 30.8 Å². The van der Waals surface area contributed by atoms with Crippen molar-refractivity contribution in [2.24, 2.45) is 0 Å². The monoisotopic (exact) mass is 665 g/mol. The van der Waals surface area contributed by atoms with Crippen molar-refractivity contribution in [1.82, 2.24) is 0 Å². The van der Waals surface area contributed by atoms with Gasteiger partial charge in [0.15, 0.2) is 0 Å². The number of epoxide rings is 1. The quantitative estimate of drug-likeness (QED) is 0.0340. The Morgan fingerprint density at radius 1 is 0.812 bits per heavy atom. The topological polar surface area (TPSA) is 45.6 Å². The molecule has 1 fully saturated rings. The van der Waals surface area contributed by atoms with Crippen LogP contribution in [0.4, 0.5) is 0 Å². The molecular weight excluding hydrogens is 626 g/mol. The first-order valence-corrected chi connectivity index (χ1v) is 19.0. The molecule has 2 atom stereocenters. The summed E-state index contributed by atoms with van der Waals surface area (Å²) in [6.45, 7) is 6.54. The summed E-state index contributed by atoms with van der Waals surface area (Å²) in [5.74, 6) is 14.0. The van der Waals surface area contributed by atoms with Gasteiger partial charge in [0.05, 0.1) is 13.2 Å². The smallest absolute Gasteiger partial charge is 0.104 e. The number of hydrogen-bond donors (Lipinski definition) is 1. The molecule has 48 heavy (non-hydrogen) atoms. The molecule has 5 heteroatoms. The molecule has 0 amide bonds. The lowest BCUT2D eigenvalue weighted by Crippen LogP contribution is -2.02. The van der Waals surface area contributed by atoms with Crippen molar-refractivity contribution in [3.63, 3.8) is 0 Å². The molecule has 2 unspecified atom stereocenters. The number of thioether (sulfide) groups is 1. The minimum Gasteiger partial charge on any atom is -0.379 e. The number of fused-ring (bicyclic) bond motifs is 1. The summed E-state index contributed by atoms with van der Waals surface area (Å²) in [7, 11) is 0.673. The summed E-state index contributed by atoms with van der Waals surface area (Å²) in [6, 6.07) is 34.3. The minimum absolute atomic E-state index is 0.362. The fourth-order valence-electron chi connectivity index (χ4n) is 5.72. The molecule has 3 nitrogen and oxygen atoms in total. The zero-order chi connectivity index (χ0) is 33.1. The van der Waals surface area contributed by atoms with Gasteiger partial charge in [0.2, 0.25) is 0 Å². The SMILES string of the molecule is CC#Cc1ccc(-c2ccc3cc(C#Cc4ccc(-c5ccc(SCCCCCOCC6CO6)cc5)c(PC)c4)ccc3c2C=N)cc1. The van der Waals surface area contributed by atoms with E-state index < -0.39 is 0 Å².